The molecule has 6 N–H and O–H groups in total. The van der Waals surface area contributed by atoms with Gasteiger partial charge in [0.2, 0.25) is 23.6 Å². The maximum atomic E-state index is 12.9. The lowest BCUT2D eigenvalue weighted by Crippen LogP contribution is -2.58. The molecule has 0 bridgehead atoms. The van der Waals surface area contributed by atoms with Gasteiger partial charge in [0.25, 0.3) is 0 Å². The van der Waals surface area contributed by atoms with Crippen LogP contribution in [0.5, 0.6) is 0 Å². The largest absolute Gasteiger partial charge is 0.393 e. The molecule has 5 atom stereocenters. The average molecular weight is 535 g/mol. The van der Waals surface area contributed by atoms with Gasteiger partial charge in [-0.25, -0.2) is 0 Å². The minimum absolute atomic E-state index is 0.105. The number of aliphatic hydroxyl groups excluding tert-OH is 2. The fourth-order valence-electron chi connectivity index (χ4n) is 3.82. The summed E-state index contributed by atoms with van der Waals surface area (Å²) in [5.41, 5.74) is 0. The van der Waals surface area contributed by atoms with Crippen LogP contribution in [0, 0.1) is 5.92 Å². The number of aliphatic hydroxyl groups is 2. The first-order valence-electron chi connectivity index (χ1n) is 13.6. The number of unbranched alkanes of at least 4 members (excludes halogenated alkanes) is 3. The highest BCUT2D eigenvalue weighted by Gasteiger charge is 2.31. The molecule has 1 aliphatic rings. The third-order valence-electron chi connectivity index (χ3n) is 6.03. The zero-order valence-corrected chi connectivity index (χ0v) is 23.1. The Morgan fingerprint density at radius 1 is 1.16 bits per heavy atom. The van der Waals surface area contributed by atoms with Crippen LogP contribution < -0.4 is 21.3 Å². The molecule has 38 heavy (non-hydrogen) atoms. The Morgan fingerprint density at radius 3 is 2.58 bits per heavy atom. The number of hydrogen-bond donors (Lipinski definition) is 6. The van der Waals surface area contributed by atoms with Crippen LogP contribution in [0.15, 0.2) is 36.5 Å². The van der Waals surface area contributed by atoms with Crippen molar-refractivity contribution in [1.29, 1.82) is 0 Å². The van der Waals surface area contributed by atoms with Crippen LogP contribution in [0.25, 0.3) is 0 Å². The number of amides is 4. The molecule has 10 heteroatoms. The quantitative estimate of drug-likeness (QED) is 0.126. The van der Waals surface area contributed by atoms with Crippen LogP contribution in [0.2, 0.25) is 0 Å². The van der Waals surface area contributed by atoms with Crippen LogP contribution in [-0.4, -0.2) is 70.7 Å². The van der Waals surface area contributed by atoms with Crippen LogP contribution in [-0.2, 0) is 19.2 Å². The molecule has 10 nitrogen and oxygen atoms in total. The Balaban J connectivity index is 2.70. The van der Waals surface area contributed by atoms with Gasteiger partial charge in [0.15, 0.2) is 0 Å². The van der Waals surface area contributed by atoms with Crippen LogP contribution in [0.1, 0.15) is 72.6 Å². The molecule has 0 saturated carbocycles. The van der Waals surface area contributed by atoms with Gasteiger partial charge in [0, 0.05) is 31.2 Å². The van der Waals surface area contributed by atoms with Crippen molar-refractivity contribution in [3.63, 3.8) is 0 Å². The highest BCUT2D eigenvalue weighted by Crippen LogP contribution is 2.10. The molecular weight excluding hydrogens is 488 g/mol. The molecule has 1 rings (SSSR count). The van der Waals surface area contributed by atoms with E-state index in [9.17, 15) is 29.4 Å². The molecule has 1 aliphatic heterocycles. The molecule has 1 heterocycles. The molecule has 4 amide bonds. The van der Waals surface area contributed by atoms with Crippen LogP contribution >= 0.6 is 0 Å². The van der Waals surface area contributed by atoms with E-state index in [1.165, 1.54) is 44.4 Å². The molecule has 0 aromatic rings. The molecular formula is C28H46N4O6. The lowest BCUT2D eigenvalue weighted by atomic mass is 10.0. The number of carbonyl (C=O) groups is 4. The van der Waals surface area contributed by atoms with E-state index in [0.717, 1.165) is 18.8 Å². The first-order valence-corrected chi connectivity index (χ1v) is 13.6. The third-order valence-corrected chi connectivity index (χ3v) is 6.03. The van der Waals surface area contributed by atoms with E-state index in [2.05, 4.69) is 35.1 Å². The molecule has 5 unspecified atom stereocenters. The van der Waals surface area contributed by atoms with Crippen LogP contribution in [0.4, 0.5) is 0 Å². The SMILES string of the molecule is CC(C)CCCCCC=CC=CC(=O)NC(C(=O)NC1CC(O)CCNC(=O)C=CC(C)NC1=O)C(C)O. The zero-order chi connectivity index (χ0) is 28.5. The number of hydrogen-bond acceptors (Lipinski definition) is 6. The first-order chi connectivity index (χ1) is 18.0. The predicted molar refractivity (Wildman–Crippen MR) is 147 cm³/mol. The maximum absolute atomic E-state index is 12.9. The van der Waals surface area contributed by atoms with E-state index in [1.807, 2.05) is 6.08 Å². The first kappa shape index (κ1) is 33.0. The van der Waals surface area contributed by atoms with Gasteiger partial charge in [0.1, 0.15) is 12.1 Å². The lowest BCUT2D eigenvalue weighted by Gasteiger charge is -2.26. The fraction of sp³-hybridized carbons (Fsp3) is 0.643. The van der Waals surface area contributed by atoms with E-state index in [4.69, 9.17) is 0 Å². The summed E-state index contributed by atoms with van der Waals surface area (Å²) in [6.07, 6.45) is 12.9. The van der Waals surface area contributed by atoms with Gasteiger partial charge in [-0.2, -0.15) is 0 Å². The van der Waals surface area contributed by atoms with Crippen molar-refractivity contribution in [3.8, 4) is 0 Å². The third kappa shape index (κ3) is 14.7. The van der Waals surface area contributed by atoms with E-state index in [1.54, 1.807) is 19.1 Å². The molecule has 0 radical (unpaired) electrons. The highest BCUT2D eigenvalue weighted by atomic mass is 16.3. The molecule has 0 aromatic heterocycles. The molecule has 0 aliphatic carbocycles. The molecule has 214 valence electrons. The Labute approximate surface area is 226 Å². The van der Waals surface area contributed by atoms with Gasteiger partial charge in [0.05, 0.1) is 12.2 Å². The minimum Gasteiger partial charge on any atom is -0.393 e. The summed E-state index contributed by atoms with van der Waals surface area (Å²) in [6, 6.07) is -2.92. The fourth-order valence-corrected chi connectivity index (χ4v) is 3.82. The second-order valence-electron chi connectivity index (χ2n) is 10.2. The summed E-state index contributed by atoms with van der Waals surface area (Å²) in [4.78, 5) is 49.8. The summed E-state index contributed by atoms with van der Waals surface area (Å²) in [7, 11) is 0. The monoisotopic (exact) mass is 534 g/mol. The Hall–Kier alpha value is -2.98. The molecule has 0 fully saturated rings. The van der Waals surface area contributed by atoms with Crippen molar-refractivity contribution < 1.29 is 29.4 Å². The van der Waals surface area contributed by atoms with Crippen molar-refractivity contribution in [3.05, 3.63) is 36.5 Å². The van der Waals surface area contributed by atoms with Crippen molar-refractivity contribution in [2.75, 3.05) is 6.54 Å². The Bertz CT molecular complexity index is 852. The second kappa shape index (κ2) is 18.3. The van der Waals surface area contributed by atoms with E-state index < -0.39 is 48.1 Å². The smallest absolute Gasteiger partial charge is 0.245 e. The van der Waals surface area contributed by atoms with Gasteiger partial charge >= 0.3 is 0 Å². The Kier molecular flexibility index (Phi) is 15.9. The van der Waals surface area contributed by atoms with Gasteiger partial charge in [-0.15, -0.1) is 0 Å². The molecule has 0 spiro atoms. The summed E-state index contributed by atoms with van der Waals surface area (Å²) in [5, 5.41) is 30.8. The average Bonchev–Trinajstić information content (AvgIpc) is 2.83. The second-order valence-corrected chi connectivity index (χ2v) is 10.2. The van der Waals surface area contributed by atoms with Gasteiger partial charge in [-0.05, 0) is 39.0 Å². The van der Waals surface area contributed by atoms with Gasteiger partial charge in [-0.3, -0.25) is 19.2 Å². The van der Waals surface area contributed by atoms with E-state index in [0.29, 0.717) is 0 Å². The van der Waals surface area contributed by atoms with Crippen molar-refractivity contribution in [1.82, 2.24) is 21.3 Å². The number of allylic oxidation sites excluding steroid dienone is 3. The summed E-state index contributed by atoms with van der Waals surface area (Å²) in [5.74, 6) is -1.49. The summed E-state index contributed by atoms with van der Waals surface area (Å²) < 4.78 is 0. The number of rotatable bonds is 12. The highest BCUT2D eigenvalue weighted by molar-refractivity contribution is 5.95. The Morgan fingerprint density at radius 2 is 1.89 bits per heavy atom. The predicted octanol–water partition coefficient (Wildman–Crippen LogP) is 1.39. The number of carbonyl (C=O) groups excluding carboxylic acids is 4. The van der Waals surface area contributed by atoms with Crippen LogP contribution in [0.3, 0.4) is 0 Å². The lowest BCUT2D eigenvalue weighted by molar-refractivity contribution is -0.134. The van der Waals surface area contributed by atoms with Gasteiger partial charge < -0.3 is 31.5 Å². The van der Waals surface area contributed by atoms with Crippen molar-refractivity contribution in [2.45, 2.75) is 103 Å². The normalized spacial score (nSPS) is 22.9. The molecule has 0 aromatic carbocycles. The standard InChI is InChI=1S/C28H46N4O6/c1-19(2)12-10-8-6-5-7-9-11-13-25(36)32-26(21(4)33)28(38)31-23-18-22(34)16-17-29-24(35)15-14-20(3)30-27(23)37/h7,9,11,13-15,19-23,26,33-34H,5-6,8,10,12,16-18H2,1-4H3,(H,29,35)(H,30,37)(H,31,38)(H,32,36). The maximum Gasteiger partial charge on any atom is 0.245 e. The van der Waals surface area contributed by atoms with Crippen molar-refractivity contribution >= 4 is 23.6 Å². The zero-order valence-electron chi connectivity index (χ0n) is 23.1. The van der Waals surface area contributed by atoms with E-state index >= 15 is 0 Å². The number of nitrogens with one attached hydrogen (secondary N) is 4. The molecule has 0 saturated heterocycles. The summed E-state index contributed by atoms with van der Waals surface area (Å²) >= 11 is 0. The van der Waals surface area contributed by atoms with Gasteiger partial charge in [-0.1, -0.05) is 57.4 Å². The summed E-state index contributed by atoms with van der Waals surface area (Å²) in [6.45, 7) is 7.65. The minimum atomic E-state index is -1.31. The topological polar surface area (TPSA) is 157 Å². The van der Waals surface area contributed by atoms with E-state index in [-0.39, 0.29) is 25.3 Å². The van der Waals surface area contributed by atoms with Crippen molar-refractivity contribution in [2.24, 2.45) is 5.92 Å².